The second-order valence-corrected chi connectivity index (χ2v) is 5.17. The second kappa shape index (κ2) is 6.95. The van der Waals surface area contributed by atoms with Crippen molar-refractivity contribution in [3.8, 4) is 5.75 Å². The summed E-state index contributed by atoms with van der Waals surface area (Å²) in [4.78, 5) is 12.0. The van der Waals surface area contributed by atoms with Crippen LogP contribution in [0.1, 0.15) is 18.2 Å². The van der Waals surface area contributed by atoms with Crippen molar-refractivity contribution < 1.29 is 14.3 Å². The van der Waals surface area contributed by atoms with Gasteiger partial charge >= 0.3 is 0 Å². The summed E-state index contributed by atoms with van der Waals surface area (Å²) in [5, 5.41) is 12.1. The molecular weight excluding hydrogens is 268 g/mol. The van der Waals surface area contributed by atoms with Crippen LogP contribution < -0.4 is 11.1 Å². The Bertz CT molecular complexity index is 564. The predicted octanol–water partition coefficient (Wildman–Crippen LogP) is 1.60. The minimum absolute atomic E-state index is 0.0467. The molecule has 112 valence electrons. The highest BCUT2D eigenvalue weighted by atomic mass is 16.3. The molecule has 21 heavy (non-hydrogen) atoms. The van der Waals surface area contributed by atoms with Crippen molar-refractivity contribution in [3.05, 3.63) is 54.0 Å². The lowest BCUT2D eigenvalue weighted by molar-refractivity contribution is -0.122. The maximum Gasteiger partial charge on any atom is 0.237 e. The van der Waals surface area contributed by atoms with Gasteiger partial charge in [-0.1, -0.05) is 12.1 Å². The molecule has 2 atom stereocenters. The average molecular weight is 288 g/mol. The minimum atomic E-state index is -0.617. The molecule has 0 aliphatic carbocycles. The fourth-order valence-corrected chi connectivity index (χ4v) is 2.11. The molecule has 0 aliphatic rings. The number of hydrogen-bond donors (Lipinski definition) is 3. The first-order valence-corrected chi connectivity index (χ1v) is 6.91. The normalized spacial score (nSPS) is 13.6. The number of aromatic hydroxyl groups is 1. The number of amides is 1. The van der Waals surface area contributed by atoms with E-state index in [0.717, 1.165) is 11.3 Å². The van der Waals surface area contributed by atoms with Crippen LogP contribution in [0.3, 0.4) is 0 Å². The Morgan fingerprint density at radius 3 is 2.62 bits per heavy atom. The zero-order valence-corrected chi connectivity index (χ0v) is 12.0. The van der Waals surface area contributed by atoms with Crippen LogP contribution in [0.4, 0.5) is 0 Å². The number of hydrogen-bond acceptors (Lipinski definition) is 4. The molecule has 1 aromatic heterocycles. The molecule has 5 nitrogen and oxygen atoms in total. The summed E-state index contributed by atoms with van der Waals surface area (Å²) in [6.45, 7) is 1.91. The highest BCUT2D eigenvalue weighted by molar-refractivity contribution is 5.82. The van der Waals surface area contributed by atoms with Crippen LogP contribution >= 0.6 is 0 Å². The van der Waals surface area contributed by atoms with E-state index >= 15 is 0 Å². The van der Waals surface area contributed by atoms with E-state index in [4.69, 9.17) is 10.2 Å². The van der Waals surface area contributed by atoms with Gasteiger partial charge in [0.2, 0.25) is 5.91 Å². The lowest BCUT2D eigenvalue weighted by Gasteiger charge is -2.17. The van der Waals surface area contributed by atoms with Crippen molar-refractivity contribution in [3.63, 3.8) is 0 Å². The molecule has 5 heteroatoms. The maximum absolute atomic E-state index is 12.0. The minimum Gasteiger partial charge on any atom is -0.508 e. The van der Waals surface area contributed by atoms with Gasteiger partial charge in [0.1, 0.15) is 11.5 Å². The van der Waals surface area contributed by atoms with E-state index in [1.54, 1.807) is 30.5 Å². The Morgan fingerprint density at radius 1 is 1.29 bits per heavy atom. The van der Waals surface area contributed by atoms with Gasteiger partial charge in [-0.25, -0.2) is 0 Å². The first kappa shape index (κ1) is 15.1. The average Bonchev–Trinajstić information content (AvgIpc) is 2.94. The Morgan fingerprint density at radius 2 is 2.00 bits per heavy atom. The van der Waals surface area contributed by atoms with Gasteiger partial charge in [0, 0.05) is 12.5 Å². The lowest BCUT2D eigenvalue weighted by atomic mass is 10.1. The SMILES string of the molecule is CC(Cc1ccco1)NC(=O)[C@H](N)Cc1ccc(O)cc1. The number of phenolic OH excluding ortho intramolecular Hbond substituents is 1. The molecule has 0 fully saturated rings. The van der Waals surface area contributed by atoms with Crippen molar-refractivity contribution in [1.29, 1.82) is 0 Å². The summed E-state index contributed by atoms with van der Waals surface area (Å²) in [5.74, 6) is 0.834. The number of nitrogens with one attached hydrogen (secondary N) is 1. The number of benzene rings is 1. The zero-order chi connectivity index (χ0) is 15.2. The topological polar surface area (TPSA) is 88.5 Å². The number of carbonyl (C=O) groups excluding carboxylic acids is 1. The molecule has 0 radical (unpaired) electrons. The van der Waals surface area contributed by atoms with E-state index in [1.165, 1.54) is 0 Å². The Labute approximate surface area is 123 Å². The van der Waals surface area contributed by atoms with Gasteiger partial charge in [-0.15, -0.1) is 0 Å². The Kier molecular flexibility index (Phi) is 5.00. The summed E-state index contributed by atoms with van der Waals surface area (Å²) < 4.78 is 5.25. The van der Waals surface area contributed by atoms with Crippen LogP contribution in [0, 0.1) is 0 Å². The van der Waals surface area contributed by atoms with Gasteiger partial charge < -0.3 is 20.6 Å². The van der Waals surface area contributed by atoms with Crippen molar-refractivity contribution in [2.75, 3.05) is 0 Å². The molecule has 1 unspecified atom stereocenters. The predicted molar refractivity (Wildman–Crippen MR) is 79.8 cm³/mol. The highest BCUT2D eigenvalue weighted by Gasteiger charge is 2.17. The van der Waals surface area contributed by atoms with E-state index in [9.17, 15) is 9.90 Å². The van der Waals surface area contributed by atoms with Gasteiger partial charge in [0.25, 0.3) is 0 Å². The van der Waals surface area contributed by atoms with E-state index in [0.29, 0.717) is 12.8 Å². The third-order valence-electron chi connectivity index (χ3n) is 3.20. The number of carbonyl (C=O) groups is 1. The molecule has 2 aromatic rings. The second-order valence-electron chi connectivity index (χ2n) is 5.17. The third-order valence-corrected chi connectivity index (χ3v) is 3.20. The molecule has 1 amide bonds. The van der Waals surface area contributed by atoms with Crippen LogP contribution in [0.2, 0.25) is 0 Å². The van der Waals surface area contributed by atoms with Crippen molar-refractivity contribution in [1.82, 2.24) is 5.32 Å². The summed E-state index contributed by atoms with van der Waals surface area (Å²) in [7, 11) is 0. The van der Waals surface area contributed by atoms with Crippen LogP contribution in [-0.2, 0) is 17.6 Å². The fraction of sp³-hybridized carbons (Fsp3) is 0.312. The first-order valence-electron chi connectivity index (χ1n) is 6.91. The molecule has 1 aromatic carbocycles. The van der Waals surface area contributed by atoms with Crippen LogP contribution in [0.15, 0.2) is 47.1 Å². The lowest BCUT2D eigenvalue weighted by Crippen LogP contribution is -2.46. The summed E-state index contributed by atoms with van der Waals surface area (Å²) in [5.41, 5.74) is 6.82. The first-order chi connectivity index (χ1) is 10.0. The molecule has 4 N–H and O–H groups in total. The van der Waals surface area contributed by atoms with E-state index in [-0.39, 0.29) is 17.7 Å². The number of furan rings is 1. The van der Waals surface area contributed by atoms with E-state index in [2.05, 4.69) is 5.32 Å². The van der Waals surface area contributed by atoms with Crippen LogP contribution in [0.25, 0.3) is 0 Å². The molecule has 0 spiro atoms. The Balaban J connectivity index is 1.83. The van der Waals surface area contributed by atoms with Crippen molar-refractivity contribution in [2.24, 2.45) is 5.73 Å². The summed E-state index contributed by atoms with van der Waals surface area (Å²) in [6, 6.07) is 9.71. The standard InChI is InChI=1S/C16H20N2O3/c1-11(9-14-3-2-8-21-14)18-16(20)15(17)10-12-4-6-13(19)7-5-12/h2-8,11,15,19H,9-10,17H2,1H3,(H,18,20)/t11?,15-/m1/s1. The van der Waals surface area contributed by atoms with Crippen molar-refractivity contribution >= 4 is 5.91 Å². The van der Waals surface area contributed by atoms with Crippen LogP contribution in [0.5, 0.6) is 5.75 Å². The van der Waals surface area contributed by atoms with Gasteiger partial charge in [-0.2, -0.15) is 0 Å². The number of nitrogens with two attached hydrogens (primary N) is 1. The van der Waals surface area contributed by atoms with Gasteiger partial charge in [-0.05, 0) is 43.2 Å². The van der Waals surface area contributed by atoms with Gasteiger partial charge in [-0.3, -0.25) is 4.79 Å². The van der Waals surface area contributed by atoms with Gasteiger partial charge in [0.15, 0.2) is 0 Å². The van der Waals surface area contributed by atoms with Crippen molar-refractivity contribution in [2.45, 2.75) is 31.8 Å². The van der Waals surface area contributed by atoms with E-state index in [1.807, 2.05) is 19.1 Å². The summed E-state index contributed by atoms with van der Waals surface area (Å²) in [6.07, 6.45) is 2.67. The molecule has 0 bridgehead atoms. The molecule has 0 saturated carbocycles. The highest BCUT2D eigenvalue weighted by Crippen LogP contribution is 2.11. The Hall–Kier alpha value is -2.27. The third kappa shape index (κ3) is 4.65. The molecule has 2 rings (SSSR count). The molecular formula is C16H20N2O3. The van der Waals surface area contributed by atoms with Gasteiger partial charge in [0.05, 0.1) is 12.3 Å². The number of rotatable bonds is 6. The summed E-state index contributed by atoms with van der Waals surface area (Å²) >= 11 is 0. The monoisotopic (exact) mass is 288 g/mol. The van der Waals surface area contributed by atoms with E-state index < -0.39 is 6.04 Å². The largest absolute Gasteiger partial charge is 0.508 e. The maximum atomic E-state index is 12.0. The molecule has 1 heterocycles. The van der Waals surface area contributed by atoms with Crippen LogP contribution in [-0.4, -0.2) is 23.1 Å². The quantitative estimate of drug-likeness (QED) is 0.753. The molecule has 0 saturated heterocycles. The smallest absolute Gasteiger partial charge is 0.237 e. The molecule has 0 aliphatic heterocycles. The number of phenols is 1. The zero-order valence-electron chi connectivity index (χ0n) is 12.0. The fourth-order valence-electron chi connectivity index (χ4n) is 2.11.